The van der Waals surface area contributed by atoms with Crippen molar-refractivity contribution in [3.05, 3.63) is 101 Å². The molecule has 154 valence electrons. The van der Waals surface area contributed by atoms with Gasteiger partial charge in [-0.2, -0.15) is 0 Å². The lowest BCUT2D eigenvalue weighted by molar-refractivity contribution is 0.0730. The van der Waals surface area contributed by atoms with E-state index in [1.165, 1.54) is 10.6 Å². The standard InChI is InChI=1S/C24H24N2O3S/c1-30(28,29)26-15-14-21-16-22(12-13-23(21)26)24(27)25(17-19-8-4-2-5-9-19)18-20-10-6-3-7-11-20/h2-13,16H,14-15,17-18H2,1H3. The van der Waals surface area contributed by atoms with Crippen molar-refractivity contribution in [2.75, 3.05) is 17.1 Å². The summed E-state index contributed by atoms with van der Waals surface area (Å²) in [5, 5.41) is 0. The zero-order chi connectivity index (χ0) is 21.1. The molecule has 1 heterocycles. The Kier molecular flexibility index (Phi) is 5.59. The van der Waals surface area contributed by atoms with Crippen molar-refractivity contribution in [1.29, 1.82) is 0 Å². The van der Waals surface area contributed by atoms with Crippen molar-refractivity contribution < 1.29 is 13.2 Å². The summed E-state index contributed by atoms with van der Waals surface area (Å²) in [4.78, 5) is 15.3. The van der Waals surface area contributed by atoms with Gasteiger partial charge in [0.25, 0.3) is 5.91 Å². The second-order valence-electron chi connectivity index (χ2n) is 7.56. The number of anilines is 1. The summed E-state index contributed by atoms with van der Waals surface area (Å²) in [5.74, 6) is -0.0664. The molecule has 0 unspecified atom stereocenters. The van der Waals surface area contributed by atoms with Crippen molar-refractivity contribution in [3.63, 3.8) is 0 Å². The fraction of sp³-hybridized carbons (Fsp3) is 0.208. The summed E-state index contributed by atoms with van der Waals surface area (Å²) in [7, 11) is -3.31. The summed E-state index contributed by atoms with van der Waals surface area (Å²) in [6.07, 6.45) is 1.82. The van der Waals surface area contributed by atoms with Crippen LogP contribution in [0.4, 0.5) is 5.69 Å². The van der Waals surface area contributed by atoms with Gasteiger partial charge in [-0.3, -0.25) is 9.10 Å². The lowest BCUT2D eigenvalue weighted by atomic mass is 10.1. The minimum atomic E-state index is -3.31. The van der Waals surface area contributed by atoms with Gasteiger partial charge < -0.3 is 4.90 Å². The molecular formula is C24H24N2O3S. The van der Waals surface area contributed by atoms with E-state index in [-0.39, 0.29) is 5.91 Å². The highest BCUT2D eigenvalue weighted by Gasteiger charge is 2.27. The maximum absolute atomic E-state index is 13.4. The quantitative estimate of drug-likeness (QED) is 0.609. The molecule has 0 aliphatic carbocycles. The fourth-order valence-corrected chi connectivity index (χ4v) is 4.80. The van der Waals surface area contributed by atoms with Gasteiger partial charge in [-0.25, -0.2) is 8.42 Å². The van der Waals surface area contributed by atoms with Gasteiger partial charge in [-0.15, -0.1) is 0 Å². The van der Waals surface area contributed by atoms with Crippen LogP contribution in [0.25, 0.3) is 0 Å². The fourth-order valence-electron chi connectivity index (χ4n) is 3.84. The van der Waals surface area contributed by atoms with Crippen molar-refractivity contribution >= 4 is 21.6 Å². The number of sulfonamides is 1. The van der Waals surface area contributed by atoms with Crippen LogP contribution in [0.1, 0.15) is 27.0 Å². The van der Waals surface area contributed by atoms with E-state index in [9.17, 15) is 13.2 Å². The predicted molar refractivity (Wildman–Crippen MR) is 119 cm³/mol. The van der Waals surface area contributed by atoms with Crippen LogP contribution in [-0.4, -0.2) is 32.0 Å². The van der Waals surface area contributed by atoms with Gasteiger partial charge in [0.05, 0.1) is 11.9 Å². The van der Waals surface area contributed by atoms with E-state index < -0.39 is 10.0 Å². The first-order valence-corrected chi connectivity index (χ1v) is 11.7. The molecule has 0 spiro atoms. The van der Waals surface area contributed by atoms with E-state index in [1.807, 2.05) is 71.6 Å². The smallest absolute Gasteiger partial charge is 0.254 e. The zero-order valence-corrected chi connectivity index (χ0v) is 17.7. The molecule has 1 aliphatic rings. The number of carbonyl (C=O) groups excluding carboxylic acids is 1. The average molecular weight is 421 g/mol. The molecule has 30 heavy (non-hydrogen) atoms. The molecule has 4 rings (SSSR count). The zero-order valence-electron chi connectivity index (χ0n) is 16.9. The molecule has 6 heteroatoms. The lowest BCUT2D eigenvalue weighted by Crippen LogP contribution is -2.30. The van der Waals surface area contributed by atoms with Gasteiger partial charge in [-0.05, 0) is 41.3 Å². The highest BCUT2D eigenvalue weighted by molar-refractivity contribution is 7.92. The molecule has 0 aromatic heterocycles. The third-order valence-electron chi connectivity index (χ3n) is 5.30. The molecular weight excluding hydrogens is 396 g/mol. The Hall–Kier alpha value is -3.12. The maximum atomic E-state index is 13.4. The SMILES string of the molecule is CS(=O)(=O)N1CCc2cc(C(=O)N(Cc3ccccc3)Cc3ccccc3)ccc21. The molecule has 1 amide bonds. The number of amides is 1. The lowest BCUT2D eigenvalue weighted by Gasteiger charge is -2.24. The monoisotopic (exact) mass is 420 g/mol. The van der Waals surface area contributed by atoms with E-state index in [2.05, 4.69) is 0 Å². The molecule has 0 saturated heterocycles. The van der Waals surface area contributed by atoms with Crippen LogP contribution in [0.2, 0.25) is 0 Å². The maximum Gasteiger partial charge on any atom is 0.254 e. The molecule has 0 saturated carbocycles. The molecule has 0 bridgehead atoms. The number of hydrogen-bond donors (Lipinski definition) is 0. The molecule has 0 fully saturated rings. The number of hydrogen-bond acceptors (Lipinski definition) is 3. The summed E-state index contributed by atoms with van der Waals surface area (Å²) >= 11 is 0. The van der Waals surface area contributed by atoms with E-state index in [0.29, 0.717) is 37.3 Å². The van der Waals surface area contributed by atoms with Gasteiger partial charge in [0, 0.05) is 25.2 Å². The summed E-state index contributed by atoms with van der Waals surface area (Å²) in [6, 6.07) is 25.2. The van der Waals surface area contributed by atoms with Gasteiger partial charge in [-0.1, -0.05) is 60.7 Å². The Morgan fingerprint density at radius 3 is 2.00 bits per heavy atom. The molecule has 1 aliphatic heterocycles. The second-order valence-corrected chi connectivity index (χ2v) is 9.47. The second kappa shape index (κ2) is 8.32. The Balaban J connectivity index is 1.63. The number of rotatable bonds is 6. The van der Waals surface area contributed by atoms with Gasteiger partial charge >= 0.3 is 0 Å². The molecule has 5 nitrogen and oxygen atoms in total. The van der Waals surface area contributed by atoms with Crippen LogP contribution in [0.3, 0.4) is 0 Å². The van der Waals surface area contributed by atoms with Gasteiger partial charge in [0.2, 0.25) is 10.0 Å². The van der Waals surface area contributed by atoms with Crippen LogP contribution in [0, 0.1) is 0 Å². The Bertz CT molecular complexity index is 1100. The minimum absolute atomic E-state index is 0.0664. The van der Waals surface area contributed by atoms with Crippen LogP contribution < -0.4 is 4.31 Å². The minimum Gasteiger partial charge on any atom is -0.330 e. The van der Waals surface area contributed by atoms with Crippen LogP contribution in [0.15, 0.2) is 78.9 Å². The number of fused-ring (bicyclic) bond motifs is 1. The Morgan fingerprint density at radius 1 is 0.900 bits per heavy atom. The first-order chi connectivity index (χ1) is 14.4. The van der Waals surface area contributed by atoms with Crippen LogP contribution in [-0.2, 0) is 29.5 Å². The van der Waals surface area contributed by atoms with E-state index in [0.717, 1.165) is 16.7 Å². The Labute approximate surface area is 177 Å². The van der Waals surface area contributed by atoms with Crippen molar-refractivity contribution in [1.82, 2.24) is 4.90 Å². The molecule has 3 aromatic rings. The summed E-state index contributed by atoms with van der Waals surface area (Å²) in [5.41, 5.74) is 4.27. The van der Waals surface area contributed by atoms with E-state index >= 15 is 0 Å². The highest BCUT2D eigenvalue weighted by atomic mass is 32.2. The van der Waals surface area contributed by atoms with Crippen molar-refractivity contribution in [3.8, 4) is 0 Å². The summed E-state index contributed by atoms with van der Waals surface area (Å²) < 4.78 is 25.4. The molecule has 0 radical (unpaired) electrons. The first-order valence-electron chi connectivity index (χ1n) is 9.89. The molecule has 3 aromatic carbocycles. The van der Waals surface area contributed by atoms with Crippen molar-refractivity contribution in [2.45, 2.75) is 19.5 Å². The Morgan fingerprint density at radius 2 is 1.47 bits per heavy atom. The van der Waals surface area contributed by atoms with Gasteiger partial charge in [0.1, 0.15) is 0 Å². The predicted octanol–water partition coefficient (Wildman–Crippen LogP) is 3.85. The van der Waals surface area contributed by atoms with Crippen molar-refractivity contribution in [2.24, 2.45) is 0 Å². The van der Waals surface area contributed by atoms with E-state index in [1.54, 1.807) is 12.1 Å². The van der Waals surface area contributed by atoms with Crippen LogP contribution in [0.5, 0.6) is 0 Å². The van der Waals surface area contributed by atoms with Gasteiger partial charge in [0.15, 0.2) is 0 Å². The first kappa shape index (κ1) is 20.2. The number of carbonyl (C=O) groups is 1. The number of benzene rings is 3. The third kappa shape index (κ3) is 4.39. The largest absolute Gasteiger partial charge is 0.330 e. The highest BCUT2D eigenvalue weighted by Crippen LogP contribution is 2.31. The van der Waals surface area contributed by atoms with E-state index in [4.69, 9.17) is 0 Å². The third-order valence-corrected chi connectivity index (χ3v) is 6.48. The average Bonchev–Trinajstić information content (AvgIpc) is 3.18. The topological polar surface area (TPSA) is 57.7 Å². The molecule has 0 atom stereocenters. The normalized spacial score (nSPS) is 13.2. The van der Waals surface area contributed by atoms with Crippen LogP contribution >= 0.6 is 0 Å². The molecule has 0 N–H and O–H groups in total. The summed E-state index contributed by atoms with van der Waals surface area (Å²) in [6.45, 7) is 1.42. The number of nitrogens with zero attached hydrogens (tertiary/aromatic N) is 2.